The molecule has 0 amide bonds. The van der Waals surface area contributed by atoms with Gasteiger partial charge in [0, 0.05) is 31.5 Å². The number of aromatic amines is 1. The molecule has 4 heterocycles. The van der Waals surface area contributed by atoms with Gasteiger partial charge in [-0.15, -0.1) is 11.3 Å². The first-order valence-corrected chi connectivity index (χ1v) is 7.79. The van der Waals surface area contributed by atoms with Crippen molar-refractivity contribution in [1.82, 2.24) is 29.9 Å². The molecule has 4 rings (SSSR count). The number of fused-ring (bicyclic) bond motifs is 1. The van der Waals surface area contributed by atoms with Crippen molar-refractivity contribution in [2.24, 2.45) is 7.05 Å². The fraction of sp³-hybridized carbons (Fsp3) is 0.143. The molecule has 4 aromatic heterocycles. The predicted octanol–water partition coefficient (Wildman–Crippen LogP) is 2.01. The molecule has 23 heavy (non-hydrogen) atoms. The zero-order valence-corrected chi connectivity index (χ0v) is 13.1. The minimum absolute atomic E-state index is 0.250. The van der Waals surface area contributed by atoms with Gasteiger partial charge in [0.1, 0.15) is 5.82 Å². The third-order valence-electron chi connectivity index (χ3n) is 3.37. The summed E-state index contributed by atoms with van der Waals surface area (Å²) >= 11 is 1.60. The molecule has 0 saturated carbocycles. The summed E-state index contributed by atoms with van der Waals surface area (Å²) in [5.41, 5.74) is 8.67. The summed E-state index contributed by atoms with van der Waals surface area (Å²) in [6, 6.07) is 3.91. The van der Waals surface area contributed by atoms with Crippen molar-refractivity contribution < 1.29 is 0 Å². The van der Waals surface area contributed by atoms with Gasteiger partial charge in [0.05, 0.1) is 27.0 Å². The van der Waals surface area contributed by atoms with Gasteiger partial charge >= 0.3 is 0 Å². The number of hydrogen-bond donors (Lipinski definition) is 3. The Balaban J connectivity index is 1.70. The Morgan fingerprint density at radius 2 is 2.30 bits per heavy atom. The predicted molar refractivity (Wildman–Crippen MR) is 89.9 cm³/mol. The van der Waals surface area contributed by atoms with Crippen molar-refractivity contribution in [3.8, 4) is 10.6 Å². The number of nitrogens with one attached hydrogen (secondary N) is 2. The van der Waals surface area contributed by atoms with Crippen LogP contribution in [0.3, 0.4) is 0 Å². The van der Waals surface area contributed by atoms with Crippen LogP contribution in [-0.4, -0.2) is 29.9 Å². The van der Waals surface area contributed by atoms with E-state index in [9.17, 15) is 0 Å². The number of anilines is 2. The molecule has 0 fully saturated rings. The third-order valence-corrected chi connectivity index (χ3v) is 4.54. The first-order valence-electron chi connectivity index (χ1n) is 6.97. The van der Waals surface area contributed by atoms with Gasteiger partial charge in [0.15, 0.2) is 0 Å². The largest absolute Gasteiger partial charge is 0.368 e. The topological polar surface area (TPSA) is 110 Å². The highest BCUT2D eigenvalue weighted by Gasteiger charge is 2.13. The molecule has 8 nitrogen and oxygen atoms in total. The number of hydrogen-bond acceptors (Lipinski definition) is 7. The Morgan fingerprint density at radius 1 is 1.39 bits per heavy atom. The monoisotopic (exact) mass is 326 g/mol. The van der Waals surface area contributed by atoms with Crippen LogP contribution in [0.4, 0.5) is 11.8 Å². The van der Waals surface area contributed by atoms with Gasteiger partial charge in [-0.3, -0.25) is 9.78 Å². The lowest BCUT2D eigenvalue weighted by molar-refractivity contribution is 0.767. The Labute approximate surface area is 135 Å². The second kappa shape index (κ2) is 5.36. The molecule has 116 valence electrons. The highest BCUT2D eigenvalue weighted by atomic mass is 32.1. The average molecular weight is 326 g/mol. The minimum Gasteiger partial charge on any atom is -0.368 e. The third kappa shape index (κ3) is 2.61. The maximum Gasteiger partial charge on any atom is 0.222 e. The van der Waals surface area contributed by atoms with Gasteiger partial charge in [-0.25, -0.2) is 4.98 Å². The van der Waals surface area contributed by atoms with Gasteiger partial charge in [0.25, 0.3) is 0 Å². The lowest BCUT2D eigenvalue weighted by Crippen LogP contribution is -2.04. The normalized spacial score (nSPS) is 11.2. The summed E-state index contributed by atoms with van der Waals surface area (Å²) in [5.74, 6) is 0.979. The summed E-state index contributed by atoms with van der Waals surface area (Å²) in [7, 11) is 1.89. The van der Waals surface area contributed by atoms with E-state index < -0.39 is 0 Å². The van der Waals surface area contributed by atoms with Crippen molar-refractivity contribution in [3.63, 3.8) is 0 Å². The Hall–Kier alpha value is -2.94. The van der Waals surface area contributed by atoms with Crippen LogP contribution in [0.15, 0.2) is 30.7 Å². The molecule has 0 atom stereocenters. The lowest BCUT2D eigenvalue weighted by atomic mass is 10.3. The molecular weight excluding hydrogens is 312 g/mol. The first kappa shape index (κ1) is 13.7. The quantitative estimate of drug-likeness (QED) is 0.529. The minimum atomic E-state index is 0.250. The van der Waals surface area contributed by atoms with Crippen LogP contribution in [0.5, 0.6) is 0 Å². The molecule has 0 saturated heterocycles. The Kier molecular flexibility index (Phi) is 3.19. The van der Waals surface area contributed by atoms with E-state index in [2.05, 4.69) is 30.6 Å². The molecule has 0 aliphatic carbocycles. The molecule has 0 radical (unpaired) electrons. The highest BCUT2D eigenvalue weighted by Crippen LogP contribution is 2.35. The molecule has 0 bridgehead atoms. The number of nitrogens with two attached hydrogens (primary N) is 1. The van der Waals surface area contributed by atoms with E-state index in [-0.39, 0.29) is 5.95 Å². The summed E-state index contributed by atoms with van der Waals surface area (Å²) in [4.78, 5) is 9.69. The standard InChI is InChI=1S/C14H14N8S/c1-22-7-8(6-18-22)5-16-13-12-10(19-14(15)20-13)4-11(23-12)9-2-3-17-21-9/h2-4,6-7H,5H2,1H3,(H,17,21)(H3,15,16,19,20). The van der Waals surface area contributed by atoms with Crippen LogP contribution in [0.2, 0.25) is 0 Å². The van der Waals surface area contributed by atoms with Crippen molar-refractivity contribution in [2.75, 3.05) is 11.1 Å². The number of rotatable bonds is 4. The lowest BCUT2D eigenvalue weighted by Gasteiger charge is -2.05. The van der Waals surface area contributed by atoms with Crippen molar-refractivity contribution >= 4 is 33.3 Å². The maximum absolute atomic E-state index is 5.83. The summed E-state index contributed by atoms with van der Waals surface area (Å²) in [6.07, 6.45) is 5.50. The molecule has 0 unspecified atom stereocenters. The fourth-order valence-electron chi connectivity index (χ4n) is 2.34. The molecule has 0 aliphatic heterocycles. The molecule has 0 aromatic carbocycles. The van der Waals surface area contributed by atoms with Gasteiger partial charge in [-0.1, -0.05) is 0 Å². The molecule has 4 aromatic rings. The van der Waals surface area contributed by atoms with Crippen molar-refractivity contribution in [1.29, 1.82) is 0 Å². The van der Waals surface area contributed by atoms with E-state index in [1.54, 1.807) is 22.2 Å². The summed E-state index contributed by atoms with van der Waals surface area (Å²) < 4.78 is 2.73. The fourth-order valence-corrected chi connectivity index (χ4v) is 3.38. The number of aromatic nitrogens is 6. The Bertz CT molecular complexity index is 953. The number of aryl methyl sites for hydroxylation is 1. The van der Waals surface area contributed by atoms with E-state index in [0.717, 1.165) is 32.2 Å². The SMILES string of the molecule is Cn1cc(CNc2nc(N)nc3cc(-c4ccn[nH]4)sc23)cn1. The van der Waals surface area contributed by atoms with Crippen LogP contribution >= 0.6 is 11.3 Å². The first-order chi connectivity index (χ1) is 11.2. The van der Waals surface area contributed by atoms with Crippen LogP contribution in [0.1, 0.15) is 5.56 Å². The summed E-state index contributed by atoms with van der Waals surface area (Å²) in [6.45, 7) is 0.622. The van der Waals surface area contributed by atoms with Crippen LogP contribution in [0, 0.1) is 0 Å². The maximum atomic E-state index is 5.83. The van der Waals surface area contributed by atoms with Gasteiger partial charge in [0.2, 0.25) is 5.95 Å². The van der Waals surface area contributed by atoms with E-state index in [1.807, 2.05) is 31.6 Å². The van der Waals surface area contributed by atoms with E-state index in [1.165, 1.54) is 0 Å². The summed E-state index contributed by atoms with van der Waals surface area (Å²) in [5, 5.41) is 14.4. The zero-order valence-electron chi connectivity index (χ0n) is 12.3. The van der Waals surface area contributed by atoms with Crippen molar-refractivity contribution in [2.45, 2.75) is 6.54 Å². The van der Waals surface area contributed by atoms with E-state index in [0.29, 0.717) is 6.54 Å². The van der Waals surface area contributed by atoms with Crippen molar-refractivity contribution in [3.05, 3.63) is 36.3 Å². The van der Waals surface area contributed by atoms with Gasteiger partial charge in [-0.05, 0) is 12.1 Å². The van der Waals surface area contributed by atoms with Gasteiger partial charge in [-0.2, -0.15) is 15.2 Å². The number of nitrogens with zero attached hydrogens (tertiary/aromatic N) is 5. The van der Waals surface area contributed by atoms with Crippen LogP contribution in [-0.2, 0) is 13.6 Å². The smallest absolute Gasteiger partial charge is 0.222 e. The Morgan fingerprint density at radius 3 is 3.04 bits per heavy atom. The second-order valence-corrected chi connectivity index (χ2v) is 6.15. The molecule has 9 heteroatoms. The number of nitrogen functional groups attached to an aromatic ring is 1. The van der Waals surface area contributed by atoms with Crippen LogP contribution in [0.25, 0.3) is 20.8 Å². The number of H-pyrrole nitrogens is 1. The second-order valence-electron chi connectivity index (χ2n) is 5.10. The zero-order chi connectivity index (χ0) is 15.8. The molecule has 4 N–H and O–H groups in total. The molecule has 0 spiro atoms. The highest BCUT2D eigenvalue weighted by molar-refractivity contribution is 7.22. The molecular formula is C14H14N8S. The number of thiophene rings is 1. The van der Waals surface area contributed by atoms with Gasteiger partial charge < -0.3 is 11.1 Å². The average Bonchev–Trinajstić information content (AvgIpc) is 3.24. The van der Waals surface area contributed by atoms with Crippen LogP contribution < -0.4 is 11.1 Å². The van der Waals surface area contributed by atoms with E-state index in [4.69, 9.17) is 5.73 Å². The molecule has 0 aliphatic rings. The van der Waals surface area contributed by atoms with E-state index >= 15 is 0 Å².